The number of rotatable bonds is 5. The van der Waals surface area contributed by atoms with Crippen molar-refractivity contribution in [2.75, 3.05) is 6.54 Å². The smallest absolute Gasteiger partial charge is 0.0967 e. The molecule has 0 spiro atoms. The number of nitrogens with zero attached hydrogens (tertiary/aromatic N) is 2. The Kier molecular flexibility index (Phi) is 4.77. The third-order valence-corrected chi connectivity index (χ3v) is 3.48. The van der Waals surface area contributed by atoms with Gasteiger partial charge in [-0.05, 0) is 47.7 Å². The molecule has 18 heavy (non-hydrogen) atoms. The third-order valence-electron chi connectivity index (χ3n) is 2.76. The van der Waals surface area contributed by atoms with Gasteiger partial charge >= 0.3 is 0 Å². The van der Waals surface area contributed by atoms with Crippen LogP contribution in [-0.2, 0) is 13.6 Å². The van der Waals surface area contributed by atoms with Crippen LogP contribution in [0.15, 0.2) is 30.5 Å². The monoisotopic (exact) mass is 355 g/mol. The highest BCUT2D eigenvalue weighted by Gasteiger charge is 2.09. The quantitative estimate of drug-likeness (QED) is 0.660. The topological polar surface area (TPSA) is 29.9 Å². The number of aryl methyl sites for hydroxylation is 1. The van der Waals surface area contributed by atoms with Crippen LogP contribution < -0.4 is 5.32 Å². The van der Waals surface area contributed by atoms with Gasteiger partial charge in [-0.3, -0.25) is 4.68 Å². The minimum absolute atomic E-state index is 0.878. The second-order valence-electron chi connectivity index (χ2n) is 4.36. The molecule has 0 saturated carbocycles. The van der Waals surface area contributed by atoms with E-state index in [2.05, 4.69) is 70.4 Å². The fourth-order valence-electron chi connectivity index (χ4n) is 1.92. The van der Waals surface area contributed by atoms with Gasteiger partial charge in [0.2, 0.25) is 0 Å². The van der Waals surface area contributed by atoms with E-state index in [0.717, 1.165) is 25.2 Å². The number of hydrogen-bond donors (Lipinski definition) is 1. The van der Waals surface area contributed by atoms with Crippen LogP contribution in [0.25, 0.3) is 11.3 Å². The van der Waals surface area contributed by atoms with Crippen LogP contribution >= 0.6 is 22.6 Å². The van der Waals surface area contributed by atoms with Crippen molar-refractivity contribution in [1.29, 1.82) is 0 Å². The average molecular weight is 355 g/mol. The molecule has 0 aliphatic carbocycles. The summed E-state index contributed by atoms with van der Waals surface area (Å²) in [6.07, 6.45) is 3.25. The van der Waals surface area contributed by atoms with Gasteiger partial charge in [0, 0.05) is 34.5 Å². The molecule has 0 atom stereocenters. The number of aromatic nitrogens is 2. The van der Waals surface area contributed by atoms with E-state index in [1.807, 2.05) is 11.7 Å². The van der Waals surface area contributed by atoms with Crippen molar-refractivity contribution < 1.29 is 0 Å². The number of nitrogens with one attached hydrogen (secondary N) is 1. The van der Waals surface area contributed by atoms with Gasteiger partial charge in [0.15, 0.2) is 0 Å². The number of halogens is 1. The first kappa shape index (κ1) is 13.5. The molecular weight excluding hydrogens is 337 g/mol. The van der Waals surface area contributed by atoms with Crippen LogP contribution in [0.2, 0.25) is 0 Å². The van der Waals surface area contributed by atoms with Crippen LogP contribution in [0.3, 0.4) is 0 Å². The van der Waals surface area contributed by atoms with Gasteiger partial charge in [-0.25, -0.2) is 0 Å². The Labute approximate surface area is 122 Å². The van der Waals surface area contributed by atoms with Crippen molar-refractivity contribution in [2.45, 2.75) is 19.9 Å². The van der Waals surface area contributed by atoms with Crippen LogP contribution in [0.5, 0.6) is 0 Å². The van der Waals surface area contributed by atoms with E-state index in [1.54, 1.807) is 0 Å². The molecule has 2 rings (SSSR count). The maximum atomic E-state index is 4.56. The van der Waals surface area contributed by atoms with E-state index in [9.17, 15) is 0 Å². The van der Waals surface area contributed by atoms with Crippen LogP contribution in [0.1, 0.15) is 18.9 Å². The zero-order chi connectivity index (χ0) is 13.0. The fourth-order valence-corrected chi connectivity index (χ4v) is 2.28. The van der Waals surface area contributed by atoms with E-state index in [0.29, 0.717) is 0 Å². The largest absolute Gasteiger partial charge is 0.313 e. The maximum Gasteiger partial charge on any atom is 0.0967 e. The molecule has 4 heteroatoms. The summed E-state index contributed by atoms with van der Waals surface area (Å²) in [4.78, 5) is 0. The molecule has 1 aromatic carbocycles. The van der Waals surface area contributed by atoms with Crippen LogP contribution in [-0.4, -0.2) is 16.3 Å². The molecular formula is C14H18IN3. The van der Waals surface area contributed by atoms with Crippen molar-refractivity contribution in [3.63, 3.8) is 0 Å². The Morgan fingerprint density at radius 1 is 1.28 bits per heavy atom. The van der Waals surface area contributed by atoms with Gasteiger partial charge < -0.3 is 5.32 Å². The molecule has 0 amide bonds. The summed E-state index contributed by atoms with van der Waals surface area (Å²) in [6.45, 7) is 4.10. The Balaban J connectivity index is 2.23. The highest BCUT2D eigenvalue weighted by Crippen LogP contribution is 2.22. The lowest BCUT2D eigenvalue weighted by molar-refractivity contribution is 0.675. The first-order chi connectivity index (χ1) is 8.70. The zero-order valence-electron chi connectivity index (χ0n) is 10.8. The lowest BCUT2D eigenvalue weighted by Crippen LogP contribution is -2.13. The molecule has 0 fully saturated rings. The van der Waals surface area contributed by atoms with Crippen LogP contribution in [0, 0.1) is 3.57 Å². The second-order valence-corrected chi connectivity index (χ2v) is 5.61. The lowest BCUT2D eigenvalue weighted by Gasteiger charge is -2.04. The first-order valence-corrected chi connectivity index (χ1v) is 7.27. The number of hydrogen-bond acceptors (Lipinski definition) is 2. The maximum absolute atomic E-state index is 4.56. The molecule has 0 unspecified atom stereocenters. The zero-order valence-corrected chi connectivity index (χ0v) is 12.9. The predicted octanol–water partition coefficient (Wildman–Crippen LogP) is 3.19. The molecule has 3 nitrogen and oxygen atoms in total. The predicted molar refractivity (Wildman–Crippen MR) is 83.4 cm³/mol. The SMILES string of the molecule is CCCNCc1cn(C)nc1-c1ccc(I)cc1. The summed E-state index contributed by atoms with van der Waals surface area (Å²) in [6, 6.07) is 8.50. The molecule has 0 aliphatic heterocycles. The number of benzene rings is 1. The molecule has 0 radical (unpaired) electrons. The minimum Gasteiger partial charge on any atom is -0.313 e. The Morgan fingerprint density at radius 3 is 2.67 bits per heavy atom. The molecule has 2 aromatic rings. The molecule has 0 aliphatic rings. The third kappa shape index (κ3) is 3.32. The average Bonchev–Trinajstić information content (AvgIpc) is 2.72. The van der Waals surface area contributed by atoms with Crippen molar-refractivity contribution in [2.24, 2.45) is 7.05 Å². The Morgan fingerprint density at radius 2 is 2.00 bits per heavy atom. The van der Waals surface area contributed by atoms with Gasteiger partial charge in [-0.15, -0.1) is 0 Å². The van der Waals surface area contributed by atoms with Gasteiger partial charge in [0.05, 0.1) is 5.69 Å². The van der Waals surface area contributed by atoms with Crippen molar-refractivity contribution in [1.82, 2.24) is 15.1 Å². The normalized spacial score (nSPS) is 10.8. The standard InChI is InChI=1S/C14H18IN3/c1-3-8-16-9-12-10-18(2)17-14(12)11-4-6-13(15)7-5-11/h4-7,10,16H,3,8-9H2,1-2H3. The molecule has 0 saturated heterocycles. The van der Waals surface area contributed by atoms with Crippen molar-refractivity contribution >= 4 is 22.6 Å². The summed E-state index contributed by atoms with van der Waals surface area (Å²) >= 11 is 2.32. The molecule has 0 bridgehead atoms. The highest BCUT2D eigenvalue weighted by atomic mass is 127. The van der Waals surface area contributed by atoms with Gasteiger partial charge in [0.25, 0.3) is 0 Å². The summed E-state index contributed by atoms with van der Waals surface area (Å²) < 4.78 is 3.13. The van der Waals surface area contributed by atoms with Gasteiger partial charge in [-0.2, -0.15) is 5.10 Å². The van der Waals surface area contributed by atoms with Crippen molar-refractivity contribution in [3.8, 4) is 11.3 Å². The molecule has 1 aromatic heterocycles. The van der Waals surface area contributed by atoms with E-state index < -0.39 is 0 Å². The van der Waals surface area contributed by atoms with Gasteiger partial charge in [-0.1, -0.05) is 19.1 Å². The molecule has 96 valence electrons. The molecule has 1 heterocycles. The minimum atomic E-state index is 0.878. The van der Waals surface area contributed by atoms with E-state index in [-0.39, 0.29) is 0 Å². The summed E-state index contributed by atoms with van der Waals surface area (Å²) in [5.41, 5.74) is 3.52. The second kappa shape index (κ2) is 6.33. The van der Waals surface area contributed by atoms with Gasteiger partial charge in [0.1, 0.15) is 0 Å². The first-order valence-electron chi connectivity index (χ1n) is 6.20. The van der Waals surface area contributed by atoms with Crippen molar-refractivity contribution in [3.05, 3.63) is 39.6 Å². The summed E-state index contributed by atoms with van der Waals surface area (Å²) in [5.74, 6) is 0. The highest BCUT2D eigenvalue weighted by molar-refractivity contribution is 14.1. The van der Waals surface area contributed by atoms with Crippen LogP contribution in [0.4, 0.5) is 0 Å². The fraction of sp³-hybridized carbons (Fsp3) is 0.357. The Hall–Kier alpha value is -0.880. The van der Waals surface area contributed by atoms with E-state index in [4.69, 9.17) is 0 Å². The Bertz CT molecular complexity index is 502. The van der Waals surface area contributed by atoms with E-state index in [1.165, 1.54) is 14.7 Å². The lowest BCUT2D eigenvalue weighted by atomic mass is 10.1. The molecule has 1 N–H and O–H groups in total. The van der Waals surface area contributed by atoms with E-state index >= 15 is 0 Å². The summed E-state index contributed by atoms with van der Waals surface area (Å²) in [7, 11) is 1.97. The summed E-state index contributed by atoms with van der Waals surface area (Å²) in [5, 5.41) is 7.99.